The highest BCUT2D eigenvalue weighted by molar-refractivity contribution is 7.22. The first-order chi connectivity index (χ1) is 18.0. The summed E-state index contributed by atoms with van der Waals surface area (Å²) in [5.74, 6) is 0.257. The molecule has 3 aromatic heterocycles. The quantitative estimate of drug-likeness (QED) is 0.283. The van der Waals surface area contributed by atoms with Crippen LogP contribution in [0.3, 0.4) is 0 Å². The summed E-state index contributed by atoms with van der Waals surface area (Å²) in [5.41, 5.74) is 3.17. The summed E-state index contributed by atoms with van der Waals surface area (Å²) in [6, 6.07) is 10.2. The van der Waals surface area contributed by atoms with E-state index >= 15 is 0 Å². The number of thiazole rings is 1. The number of carbonyl (C=O) groups is 1. The Morgan fingerprint density at radius 1 is 1.30 bits per heavy atom. The number of methoxy groups -OCH3 is 1. The smallest absolute Gasteiger partial charge is 0.411 e. The van der Waals surface area contributed by atoms with Crippen LogP contribution in [0.2, 0.25) is 5.02 Å². The molecule has 1 atom stereocenters. The van der Waals surface area contributed by atoms with Gasteiger partial charge in [0.2, 0.25) is 0 Å². The summed E-state index contributed by atoms with van der Waals surface area (Å²) in [7, 11) is 1.57. The Bertz CT molecular complexity index is 1660. The molecule has 0 bridgehead atoms. The van der Waals surface area contributed by atoms with E-state index in [0.717, 1.165) is 15.6 Å². The molecule has 8 nitrogen and oxygen atoms in total. The molecule has 6 rings (SSSR count). The van der Waals surface area contributed by atoms with E-state index in [1.807, 2.05) is 12.1 Å². The molecular weight excluding hydrogens is 519 g/mol. The molecule has 0 aliphatic carbocycles. The van der Waals surface area contributed by atoms with Crippen LogP contribution in [0.1, 0.15) is 5.56 Å². The number of fused-ring (bicyclic) bond motifs is 4. The van der Waals surface area contributed by atoms with E-state index in [1.165, 1.54) is 23.6 Å². The van der Waals surface area contributed by atoms with Crippen LogP contribution in [-0.4, -0.2) is 40.9 Å². The zero-order chi connectivity index (χ0) is 25.5. The van der Waals surface area contributed by atoms with Gasteiger partial charge in [-0.15, -0.1) is 11.3 Å². The Morgan fingerprint density at radius 3 is 3.00 bits per heavy atom. The number of carbonyl (C=O) groups excluding carboxylic acids is 1. The van der Waals surface area contributed by atoms with Crippen LogP contribution in [0, 0.1) is 5.82 Å². The predicted molar refractivity (Wildman–Crippen MR) is 139 cm³/mol. The maximum absolute atomic E-state index is 15.0. The lowest BCUT2D eigenvalue weighted by Gasteiger charge is -2.12. The van der Waals surface area contributed by atoms with Gasteiger partial charge in [0.15, 0.2) is 11.6 Å². The fourth-order valence-corrected chi connectivity index (χ4v) is 5.60. The van der Waals surface area contributed by atoms with Gasteiger partial charge in [-0.2, -0.15) is 0 Å². The number of hydrogen-bond donors (Lipinski definition) is 1. The second kappa shape index (κ2) is 9.45. The Labute approximate surface area is 219 Å². The van der Waals surface area contributed by atoms with E-state index in [9.17, 15) is 9.18 Å². The van der Waals surface area contributed by atoms with Gasteiger partial charge >= 0.3 is 6.09 Å². The van der Waals surface area contributed by atoms with Crippen molar-refractivity contribution in [2.75, 3.05) is 19.0 Å². The van der Waals surface area contributed by atoms with E-state index in [4.69, 9.17) is 30.8 Å². The summed E-state index contributed by atoms with van der Waals surface area (Å²) in [5, 5.41) is 4.58. The minimum atomic E-state index is -0.643. The van der Waals surface area contributed by atoms with E-state index in [-0.39, 0.29) is 12.4 Å². The highest BCUT2D eigenvalue weighted by Crippen LogP contribution is 2.43. The lowest BCUT2D eigenvalue weighted by molar-refractivity contribution is 0.100. The van der Waals surface area contributed by atoms with Crippen LogP contribution in [0.25, 0.3) is 31.7 Å². The first kappa shape index (κ1) is 23.4. The molecule has 5 aromatic rings. The monoisotopic (exact) mass is 536 g/mol. The van der Waals surface area contributed by atoms with Crippen molar-refractivity contribution in [1.82, 2.24) is 15.0 Å². The second-order valence-electron chi connectivity index (χ2n) is 8.34. The standard InChI is InChI=1S/C26H18ClFN4O4S/c1-34-16-6-13-5-14(27)7-18(22(13)30-11-16)25-32-21-9-20(28)23-19(24(21)37-25)8-17(36-23)12-35-26(33)31-15-3-2-4-29-10-15/h2-7,9-11,17H,8,12H2,1H3,(H,31,33)/t17-/m1/s1. The van der Waals surface area contributed by atoms with Crippen molar-refractivity contribution in [3.63, 3.8) is 0 Å². The van der Waals surface area contributed by atoms with Crippen LogP contribution < -0.4 is 14.8 Å². The van der Waals surface area contributed by atoms with Gasteiger partial charge in [0, 0.05) is 40.2 Å². The highest BCUT2D eigenvalue weighted by Gasteiger charge is 2.31. The molecule has 0 unspecified atom stereocenters. The normalized spacial score (nSPS) is 14.4. The van der Waals surface area contributed by atoms with Gasteiger partial charge in [-0.1, -0.05) is 11.6 Å². The number of anilines is 1. The third-order valence-electron chi connectivity index (χ3n) is 5.90. The fraction of sp³-hybridized carbons (Fsp3) is 0.154. The van der Waals surface area contributed by atoms with Crippen molar-refractivity contribution in [2.24, 2.45) is 0 Å². The summed E-state index contributed by atoms with van der Waals surface area (Å²) in [6.45, 7) is -0.0436. The summed E-state index contributed by atoms with van der Waals surface area (Å²) >= 11 is 7.81. The molecule has 4 heterocycles. The molecule has 186 valence electrons. The number of aromatic nitrogens is 3. The topological polar surface area (TPSA) is 95.5 Å². The maximum atomic E-state index is 15.0. The van der Waals surface area contributed by atoms with Gasteiger partial charge in [0.1, 0.15) is 23.5 Å². The van der Waals surface area contributed by atoms with E-state index in [0.29, 0.717) is 44.5 Å². The highest BCUT2D eigenvalue weighted by atomic mass is 35.5. The number of hydrogen-bond acceptors (Lipinski definition) is 8. The van der Waals surface area contributed by atoms with Gasteiger partial charge in [-0.25, -0.2) is 14.2 Å². The lowest BCUT2D eigenvalue weighted by Crippen LogP contribution is -2.25. The number of nitrogens with one attached hydrogen (secondary N) is 1. The minimum absolute atomic E-state index is 0.0436. The van der Waals surface area contributed by atoms with Gasteiger partial charge in [-0.3, -0.25) is 15.3 Å². The fourth-order valence-electron chi connectivity index (χ4n) is 4.26. The Kier molecular flexibility index (Phi) is 5.97. The van der Waals surface area contributed by atoms with Gasteiger partial charge in [0.05, 0.1) is 40.9 Å². The molecule has 0 spiro atoms. The second-order valence-corrected chi connectivity index (χ2v) is 9.78. The summed E-state index contributed by atoms with van der Waals surface area (Å²) in [4.78, 5) is 25.3. The molecule has 1 N–H and O–H groups in total. The first-order valence-electron chi connectivity index (χ1n) is 11.2. The van der Waals surface area contributed by atoms with E-state index in [1.54, 1.807) is 37.7 Å². The third-order valence-corrected chi connectivity index (χ3v) is 7.28. The van der Waals surface area contributed by atoms with Crippen molar-refractivity contribution in [2.45, 2.75) is 12.5 Å². The Hall–Kier alpha value is -4.02. The van der Waals surface area contributed by atoms with Crippen LogP contribution >= 0.6 is 22.9 Å². The van der Waals surface area contributed by atoms with Crippen molar-refractivity contribution in [3.05, 3.63) is 71.4 Å². The molecular formula is C26H18ClFN4O4S. The molecule has 37 heavy (non-hydrogen) atoms. The molecule has 1 aliphatic rings. The van der Waals surface area contributed by atoms with Crippen LogP contribution in [-0.2, 0) is 11.2 Å². The van der Waals surface area contributed by atoms with Crippen LogP contribution in [0.5, 0.6) is 11.5 Å². The number of amides is 1. The predicted octanol–water partition coefficient (Wildman–Crippen LogP) is 6.26. The van der Waals surface area contributed by atoms with Gasteiger partial charge in [-0.05, 0) is 30.3 Å². The molecule has 11 heteroatoms. The summed E-state index contributed by atoms with van der Waals surface area (Å²) < 4.78 is 32.2. The zero-order valence-corrected chi connectivity index (χ0v) is 20.9. The van der Waals surface area contributed by atoms with Crippen molar-refractivity contribution in [3.8, 4) is 22.1 Å². The lowest BCUT2D eigenvalue weighted by atomic mass is 10.1. The zero-order valence-electron chi connectivity index (χ0n) is 19.3. The molecule has 0 saturated heterocycles. The van der Waals surface area contributed by atoms with Crippen molar-refractivity contribution in [1.29, 1.82) is 0 Å². The Morgan fingerprint density at radius 2 is 2.19 bits per heavy atom. The minimum Gasteiger partial charge on any atom is -0.495 e. The number of benzene rings is 2. The first-order valence-corrected chi connectivity index (χ1v) is 12.4. The van der Waals surface area contributed by atoms with Gasteiger partial charge in [0.25, 0.3) is 0 Å². The third kappa shape index (κ3) is 4.49. The van der Waals surface area contributed by atoms with Crippen LogP contribution in [0.15, 0.2) is 55.0 Å². The van der Waals surface area contributed by atoms with Crippen molar-refractivity contribution < 1.29 is 23.4 Å². The molecule has 0 fully saturated rings. The van der Waals surface area contributed by atoms with Crippen LogP contribution in [0.4, 0.5) is 14.9 Å². The summed E-state index contributed by atoms with van der Waals surface area (Å²) in [6.07, 6.45) is 3.94. The largest absolute Gasteiger partial charge is 0.495 e. The average molecular weight is 537 g/mol. The van der Waals surface area contributed by atoms with Gasteiger partial charge < -0.3 is 14.2 Å². The van der Waals surface area contributed by atoms with E-state index < -0.39 is 18.0 Å². The number of halogens is 2. The number of nitrogens with zero attached hydrogens (tertiary/aromatic N) is 3. The number of ether oxygens (including phenoxy) is 3. The molecule has 1 amide bonds. The number of pyridine rings is 2. The molecule has 2 aromatic carbocycles. The SMILES string of the molecule is COc1cnc2c(-c3nc4cc(F)c5c(c4s3)C[C@H](COC(=O)Nc3cccnc3)O5)cc(Cl)cc2c1. The maximum Gasteiger partial charge on any atom is 0.411 e. The Balaban J connectivity index is 1.27. The van der Waals surface area contributed by atoms with E-state index in [2.05, 4.69) is 15.3 Å². The number of rotatable bonds is 5. The molecule has 0 radical (unpaired) electrons. The molecule has 0 saturated carbocycles. The van der Waals surface area contributed by atoms with Crippen molar-refractivity contribution >= 4 is 55.8 Å². The average Bonchev–Trinajstić information content (AvgIpc) is 3.52. The molecule has 1 aliphatic heterocycles.